The highest BCUT2D eigenvalue weighted by Gasteiger charge is 2.20. The summed E-state index contributed by atoms with van der Waals surface area (Å²) in [5.41, 5.74) is 1.66. The molecular formula is C25H25BrN2O5. The van der Waals surface area contributed by atoms with Crippen molar-refractivity contribution in [2.75, 3.05) is 6.61 Å². The smallest absolute Gasteiger partial charge is 0.335 e. The third-order valence-corrected chi connectivity index (χ3v) is 5.87. The zero-order valence-corrected chi connectivity index (χ0v) is 19.9. The van der Waals surface area contributed by atoms with E-state index in [4.69, 9.17) is 14.6 Å². The van der Waals surface area contributed by atoms with Gasteiger partial charge in [-0.15, -0.1) is 0 Å². The molecule has 172 valence electrons. The summed E-state index contributed by atoms with van der Waals surface area (Å²) < 4.78 is 12.3. The summed E-state index contributed by atoms with van der Waals surface area (Å²) >= 11 is 3.50. The van der Waals surface area contributed by atoms with Gasteiger partial charge in [-0.05, 0) is 77.2 Å². The average molecular weight is 513 g/mol. The number of nitrogens with zero attached hydrogens (tertiary/aromatic N) is 1. The van der Waals surface area contributed by atoms with Crippen molar-refractivity contribution in [3.8, 4) is 17.6 Å². The number of carboxylic acid groups (broad SMARTS) is 1. The first-order chi connectivity index (χ1) is 15.9. The fourth-order valence-corrected chi connectivity index (χ4v) is 4.20. The number of nitrogens with one attached hydrogen (secondary N) is 1. The van der Waals surface area contributed by atoms with Crippen molar-refractivity contribution in [3.05, 3.63) is 63.1 Å². The second-order valence-electron chi connectivity index (χ2n) is 7.68. The van der Waals surface area contributed by atoms with Crippen molar-refractivity contribution in [2.24, 2.45) is 0 Å². The van der Waals surface area contributed by atoms with Crippen LogP contribution >= 0.6 is 15.9 Å². The molecule has 0 atom stereocenters. The first kappa shape index (κ1) is 24.3. The van der Waals surface area contributed by atoms with E-state index in [2.05, 4.69) is 21.2 Å². The maximum atomic E-state index is 12.5. The predicted octanol–water partition coefficient (Wildman–Crippen LogP) is 5.09. The molecule has 0 bridgehead atoms. The van der Waals surface area contributed by atoms with E-state index >= 15 is 0 Å². The number of nitriles is 1. The predicted molar refractivity (Wildman–Crippen MR) is 127 cm³/mol. The number of carbonyl (C=O) groups is 2. The van der Waals surface area contributed by atoms with Crippen LogP contribution in [0.3, 0.4) is 0 Å². The molecule has 1 amide bonds. The average Bonchev–Trinajstić information content (AvgIpc) is 3.30. The van der Waals surface area contributed by atoms with Crippen LogP contribution in [0.15, 0.2) is 46.4 Å². The summed E-state index contributed by atoms with van der Waals surface area (Å²) in [6, 6.07) is 12.0. The van der Waals surface area contributed by atoms with Crippen LogP contribution in [0.2, 0.25) is 0 Å². The van der Waals surface area contributed by atoms with E-state index in [0.717, 1.165) is 31.2 Å². The topological polar surface area (TPSA) is 109 Å². The van der Waals surface area contributed by atoms with Crippen molar-refractivity contribution >= 4 is 33.9 Å². The Morgan fingerprint density at radius 1 is 1.21 bits per heavy atom. The monoisotopic (exact) mass is 512 g/mol. The summed E-state index contributed by atoms with van der Waals surface area (Å²) in [5, 5.41) is 21.5. The SMILES string of the molecule is CCOc1cc(/C=C(/C#N)C(=O)NC2CCCC2)cc(Br)c1OCc1ccc(C(=O)O)cc1. The van der Waals surface area contributed by atoms with Crippen molar-refractivity contribution in [1.82, 2.24) is 5.32 Å². The molecule has 1 aliphatic carbocycles. The van der Waals surface area contributed by atoms with Gasteiger partial charge >= 0.3 is 5.97 Å². The minimum atomic E-state index is -0.985. The third-order valence-electron chi connectivity index (χ3n) is 5.28. The van der Waals surface area contributed by atoms with Gasteiger partial charge in [-0.2, -0.15) is 5.26 Å². The van der Waals surface area contributed by atoms with Gasteiger partial charge in [0.15, 0.2) is 11.5 Å². The fraction of sp³-hybridized carbons (Fsp3) is 0.320. The van der Waals surface area contributed by atoms with Crippen LogP contribution < -0.4 is 14.8 Å². The molecule has 2 aromatic carbocycles. The number of amides is 1. The molecule has 8 heteroatoms. The lowest BCUT2D eigenvalue weighted by molar-refractivity contribution is -0.117. The Kier molecular flexibility index (Phi) is 8.50. The van der Waals surface area contributed by atoms with Gasteiger partial charge in [0.2, 0.25) is 0 Å². The van der Waals surface area contributed by atoms with Crippen LogP contribution in [-0.4, -0.2) is 29.6 Å². The normalized spacial score (nSPS) is 13.9. The molecular weight excluding hydrogens is 488 g/mol. The Hall–Kier alpha value is -3.31. The van der Waals surface area contributed by atoms with E-state index in [9.17, 15) is 14.9 Å². The first-order valence-corrected chi connectivity index (χ1v) is 11.5. The number of rotatable bonds is 9. The van der Waals surface area contributed by atoms with Crippen LogP contribution in [0.1, 0.15) is 54.1 Å². The van der Waals surface area contributed by atoms with Crippen molar-refractivity contribution in [1.29, 1.82) is 5.26 Å². The lowest BCUT2D eigenvalue weighted by Gasteiger charge is -2.15. The van der Waals surface area contributed by atoms with E-state index in [0.29, 0.717) is 28.1 Å². The van der Waals surface area contributed by atoms with Crippen LogP contribution in [-0.2, 0) is 11.4 Å². The molecule has 1 fully saturated rings. The highest BCUT2D eigenvalue weighted by Crippen LogP contribution is 2.38. The van der Waals surface area contributed by atoms with Gasteiger partial charge in [-0.1, -0.05) is 25.0 Å². The summed E-state index contributed by atoms with van der Waals surface area (Å²) in [6.07, 6.45) is 5.59. The number of carbonyl (C=O) groups excluding carboxylic acids is 1. The quantitative estimate of drug-likeness (QED) is 0.357. The number of hydrogen-bond acceptors (Lipinski definition) is 5. The summed E-state index contributed by atoms with van der Waals surface area (Å²) in [4.78, 5) is 23.5. The molecule has 0 unspecified atom stereocenters. The van der Waals surface area contributed by atoms with Crippen molar-refractivity contribution in [3.63, 3.8) is 0 Å². The Labute approximate surface area is 201 Å². The largest absolute Gasteiger partial charge is 0.490 e. The molecule has 3 rings (SSSR count). The van der Waals surface area contributed by atoms with Gasteiger partial charge < -0.3 is 19.9 Å². The number of halogens is 1. The van der Waals surface area contributed by atoms with Gasteiger partial charge in [0, 0.05) is 6.04 Å². The molecule has 0 radical (unpaired) electrons. The molecule has 1 saturated carbocycles. The van der Waals surface area contributed by atoms with Gasteiger partial charge in [-0.3, -0.25) is 4.79 Å². The van der Waals surface area contributed by atoms with E-state index in [1.165, 1.54) is 18.2 Å². The Morgan fingerprint density at radius 3 is 2.52 bits per heavy atom. The Balaban J connectivity index is 1.79. The minimum absolute atomic E-state index is 0.0310. The van der Waals surface area contributed by atoms with Crippen LogP contribution in [0.4, 0.5) is 0 Å². The maximum absolute atomic E-state index is 12.5. The molecule has 0 heterocycles. The summed E-state index contributed by atoms with van der Waals surface area (Å²) in [7, 11) is 0. The molecule has 2 aromatic rings. The third kappa shape index (κ3) is 6.59. The van der Waals surface area contributed by atoms with Crippen molar-refractivity contribution in [2.45, 2.75) is 45.3 Å². The number of benzene rings is 2. The van der Waals surface area contributed by atoms with E-state index in [1.54, 1.807) is 24.3 Å². The summed E-state index contributed by atoms with van der Waals surface area (Å²) in [5.74, 6) is -0.413. The van der Waals surface area contributed by atoms with Gasteiger partial charge in [0.05, 0.1) is 16.6 Å². The van der Waals surface area contributed by atoms with Crippen LogP contribution in [0.5, 0.6) is 11.5 Å². The first-order valence-electron chi connectivity index (χ1n) is 10.7. The maximum Gasteiger partial charge on any atom is 0.335 e. The highest BCUT2D eigenvalue weighted by atomic mass is 79.9. The summed E-state index contributed by atoms with van der Waals surface area (Å²) in [6.45, 7) is 2.46. The lowest BCUT2D eigenvalue weighted by atomic mass is 10.1. The second kappa shape index (κ2) is 11.5. The van der Waals surface area contributed by atoms with Crippen LogP contribution in [0.25, 0.3) is 6.08 Å². The van der Waals surface area contributed by atoms with E-state index in [1.807, 2.05) is 13.0 Å². The zero-order valence-electron chi connectivity index (χ0n) is 18.3. The van der Waals surface area contributed by atoms with E-state index < -0.39 is 5.97 Å². The number of aromatic carboxylic acids is 1. The number of ether oxygens (including phenoxy) is 2. The zero-order chi connectivity index (χ0) is 23.8. The molecule has 0 spiro atoms. The molecule has 2 N–H and O–H groups in total. The number of carboxylic acids is 1. The molecule has 33 heavy (non-hydrogen) atoms. The van der Waals surface area contributed by atoms with Crippen LogP contribution in [0, 0.1) is 11.3 Å². The Morgan fingerprint density at radius 2 is 1.91 bits per heavy atom. The van der Waals surface area contributed by atoms with Crippen molar-refractivity contribution < 1.29 is 24.2 Å². The van der Waals surface area contributed by atoms with Gasteiger partial charge in [0.25, 0.3) is 5.91 Å². The molecule has 0 aromatic heterocycles. The molecule has 0 aliphatic heterocycles. The molecule has 7 nitrogen and oxygen atoms in total. The lowest BCUT2D eigenvalue weighted by Crippen LogP contribution is -2.33. The Bertz CT molecular complexity index is 1080. The fourth-order valence-electron chi connectivity index (χ4n) is 3.62. The van der Waals surface area contributed by atoms with Gasteiger partial charge in [0.1, 0.15) is 18.2 Å². The standard InChI is InChI=1S/C25H25BrN2O5/c1-2-32-22-13-17(11-19(14-27)24(29)28-20-5-3-4-6-20)12-21(26)23(22)33-15-16-7-9-18(10-8-16)25(30)31/h7-13,20H,2-6,15H2,1H3,(H,28,29)(H,30,31)/b19-11-. The highest BCUT2D eigenvalue weighted by molar-refractivity contribution is 9.10. The van der Waals surface area contributed by atoms with Gasteiger partial charge in [-0.25, -0.2) is 4.79 Å². The molecule has 0 saturated heterocycles. The number of hydrogen-bond donors (Lipinski definition) is 2. The second-order valence-corrected chi connectivity index (χ2v) is 8.53. The minimum Gasteiger partial charge on any atom is -0.490 e. The molecule has 1 aliphatic rings. The van der Waals surface area contributed by atoms with E-state index in [-0.39, 0.29) is 29.7 Å².